The van der Waals surface area contributed by atoms with Crippen molar-refractivity contribution in [3.8, 4) is 11.4 Å². The van der Waals surface area contributed by atoms with E-state index in [0.29, 0.717) is 12.5 Å². The minimum Gasteiger partial charge on any atom is -0.504 e. The summed E-state index contributed by atoms with van der Waals surface area (Å²) in [7, 11) is 0. The molecule has 26 heavy (non-hydrogen) atoms. The molecule has 0 bridgehead atoms. The van der Waals surface area contributed by atoms with Crippen molar-refractivity contribution in [2.75, 3.05) is 39.3 Å². The number of carbonyl (C=O) groups excluding carboxylic acids is 1. The zero-order valence-corrected chi connectivity index (χ0v) is 15.4. The molecule has 2 aromatic rings. The van der Waals surface area contributed by atoms with Crippen molar-refractivity contribution in [2.45, 2.75) is 19.8 Å². The van der Waals surface area contributed by atoms with Crippen molar-refractivity contribution >= 4 is 5.91 Å². The molecule has 1 aliphatic heterocycles. The third-order valence-corrected chi connectivity index (χ3v) is 4.66. The summed E-state index contributed by atoms with van der Waals surface area (Å²) < 4.78 is 1.53. The molecule has 1 saturated heterocycles. The van der Waals surface area contributed by atoms with Crippen LogP contribution in [0, 0.1) is 0 Å². The van der Waals surface area contributed by atoms with Gasteiger partial charge in [-0.3, -0.25) is 9.69 Å². The van der Waals surface area contributed by atoms with E-state index in [2.05, 4.69) is 34.5 Å². The maximum Gasteiger partial charge on any atom is 0.275 e. The van der Waals surface area contributed by atoms with Gasteiger partial charge in [-0.05, 0) is 23.6 Å². The van der Waals surface area contributed by atoms with Gasteiger partial charge in [0, 0.05) is 39.3 Å². The minimum atomic E-state index is -0.352. The van der Waals surface area contributed by atoms with E-state index in [4.69, 9.17) is 0 Å². The highest BCUT2D eigenvalue weighted by atomic mass is 16.3. The Hall–Kier alpha value is -2.38. The molecule has 1 aromatic heterocycles. The van der Waals surface area contributed by atoms with Crippen LogP contribution in [0.5, 0.6) is 5.75 Å². The van der Waals surface area contributed by atoms with Crippen molar-refractivity contribution in [2.24, 2.45) is 0 Å². The first-order valence-corrected chi connectivity index (χ1v) is 9.15. The number of hydrogen-bond donors (Lipinski definition) is 3. The zero-order chi connectivity index (χ0) is 18.5. The number of aromatic nitrogens is 2. The van der Waals surface area contributed by atoms with Gasteiger partial charge in [-0.25, -0.2) is 4.68 Å². The van der Waals surface area contributed by atoms with Gasteiger partial charge in [-0.2, -0.15) is 5.10 Å². The standard InChI is InChI=1S/C19H27N5O2/c1-14(2)15-3-5-16(6-4-15)24-13-17(25)18(22-24)19(26)21-9-12-23-10-7-20-8-11-23/h3-6,13-14,20,25H,7-12H2,1-2H3,(H,21,26). The summed E-state index contributed by atoms with van der Waals surface area (Å²) in [5.41, 5.74) is 2.10. The Labute approximate surface area is 154 Å². The van der Waals surface area contributed by atoms with Crippen LogP contribution in [-0.2, 0) is 0 Å². The van der Waals surface area contributed by atoms with Crippen LogP contribution in [0.25, 0.3) is 5.69 Å². The lowest BCUT2D eigenvalue weighted by atomic mass is 10.0. The molecule has 7 heteroatoms. The summed E-state index contributed by atoms with van der Waals surface area (Å²) in [5, 5.41) is 20.5. The topological polar surface area (TPSA) is 82.4 Å². The van der Waals surface area contributed by atoms with Crippen LogP contribution in [0.3, 0.4) is 0 Å². The molecule has 7 nitrogen and oxygen atoms in total. The first-order chi connectivity index (χ1) is 12.5. The highest BCUT2D eigenvalue weighted by Crippen LogP contribution is 2.20. The van der Waals surface area contributed by atoms with Crippen LogP contribution in [0.1, 0.15) is 35.8 Å². The summed E-state index contributed by atoms with van der Waals surface area (Å²) in [5.74, 6) is -0.0140. The summed E-state index contributed by atoms with van der Waals surface area (Å²) in [6.45, 7) is 9.54. The summed E-state index contributed by atoms with van der Waals surface area (Å²) in [4.78, 5) is 14.6. The second-order valence-electron chi connectivity index (χ2n) is 6.90. The van der Waals surface area contributed by atoms with Crippen molar-refractivity contribution in [3.05, 3.63) is 41.7 Å². The van der Waals surface area contributed by atoms with Gasteiger partial charge in [-0.1, -0.05) is 26.0 Å². The molecule has 140 valence electrons. The molecule has 1 amide bonds. The smallest absolute Gasteiger partial charge is 0.275 e. The molecule has 0 saturated carbocycles. The fraction of sp³-hybridized carbons (Fsp3) is 0.474. The highest BCUT2D eigenvalue weighted by molar-refractivity contribution is 5.94. The van der Waals surface area contributed by atoms with Crippen LogP contribution < -0.4 is 10.6 Å². The molecule has 0 aliphatic carbocycles. The number of hydrogen-bond acceptors (Lipinski definition) is 5. The van der Waals surface area contributed by atoms with Crippen LogP contribution in [0.15, 0.2) is 30.5 Å². The van der Waals surface area contributed by atoms with Crippen LogP contribution in [0.4, 0.5) is 0 Å². The molecule has 1 aromatic carbocycles. The van der Waals surface area contributed by atoms with Gasteiger partial charge in [0.05, 0.1) is 11.9 Å². The van der Waals surface area contributed by atoms with E-state index in [1.165, 1.54) is 16.4 Å². The number of rotatable bonds is 6. The van der Waals surface area contributed by atoms with E-state index in [1.807, 2.05) is 24.3 Å². The van der Waals surface area contributed by atoms with E-state index in [-0.39, 0.29) is 17.4 Å². The number of nitrogens with one attached hydrogen (secondary N) is 2. The summed E-state index contributed by atoms with van der Waals surface area (Å²) in [6.07, 6.45) is 1.47. The molecule has 2 heterocycles. The first-order valence-electron chi connectivity index (χ1n) is 9.15. The Balaban J connectivity index is 1.60. The number of benzene rings is 1. The molecule has 1 aliphatic rings. The lowest BCUT2D eigenvalue weighted by Gasteiger charge is -2.26. The number of piperazine rings is 1. The van der Waals surface area contributed by atoms with Crippen molar-refractivity contribution in [1.29, 1.82) is 0 Å². The van der Waals surface area contributed by atoms with E-state index >= 15 is 0 Å². The molecule has 1 fully saturated rings. The van der Waals surface area contributed by atoms with Gasteiger partial charge < -0.3 is 15.7 Å². The summed E-state index contributed by atoms with van der Waals surface area (Å²) in [6, 6.07) is 7.94. The molecule has 0 atom stereocenters. The number of amides is 1. The van der Waals surface area contributed by atoms with Gasteiger partial charge in [-0.15, -0.1) is 0 Å². The average Bonchev–Trinajstić information content (AvgIpc) is 3.04. The molecule has 0 spiro atoms. The Bertz CT molecular complexity index is 733. The van der Waals surface area contributed by atoms with Crippen molar-refractivity contribution in [3.63, 3.8) is 0 Å². The lowest BCUT2D eigenvalue weighted by molar-refractivity contribution is 0.0939. The fourth-order valence-electron chi connectivity index (χ4n) is 3.02. The monoisotopic (exact) mass is 357 g/mol. The van der Waals surface area contributed by atoms with Gasteiger partial charge in [0.2, 0.25) is 0 Å². The first kappa shape index (κ1) is 18.4. The second kappa shape index (κ2) is 8.33. The average molecular weight is 357 g/mol. The molecular weight excluding hydrogens is 330 g/mol. The van der Waals surface area contributed by atoms with Crippen LogP contribution in [-0.4, -0.2) is 65.0 Å². The van der Waals surface area contributed by atoms with Gasteiger partial charge in [0.1, 0.15) is 0 Å². The lowest BCUT2D eigenvalue weighted by Crippen LogP contribution is -2.46. The minimum absolute atomic E-state index is 0.0539. The predicted molar refractivity (Wildman–Crippen MR) is 101 cm³/mol. The maximum absolute atomic E-state index is 12.3. The van der Waals surface area contributed by atoms with Crippen molar-refractivity contribution in [1.82, 2.24) is 25.3 Å². The van der Waals surface area contributed by atoms with E-state index < -0.39 is 0 Å². The van der Waals surface area contributed by atoms with Crippen molar-refractivity contribution < 1.29 is 9.90 Å². The number of nitrogens with zero attached hydrogens (tertiary/aromatic N) is 3. The third kappa shape index (κ3) is 4.42. The Morgan fingerprint density at radius 1 is 1.27 bits per heavy atom. The highest BCUT2D eigenvalue weighted by Gasteiger charge is 2.17. The largest absolute Gasteiger partial charge is 0.504 e. The Kier molecular flexibility index (Phi) is 5.90. The quantitative estimate of drug-likeness (QED) is 0.727. The van der Waals surface area contributed by atoms with Crippen LogP contribution >= 0.6 is 0 Å². The molecule has 3 N–H and O–H groups in total. The summed E-state index contributed by atoms with van der Waals surface area (Å²) >= 11 is 0. The normalized spacial score (nSPS) is 15.3. The third-order valence-electron chi connectivity index (χ3n) is 4.66. The van der Waals surface area contributed by atoms with E-state index in [0.717, 1.165) is 38.4 Å². The molecule has 0 unspecified atom stereocenters. The molecule has 3 rings (SSSR count). The molecular formula is C19H27N5O2. The second-order valence-corrected chi connectivity index (χ2v) is 6.90. The van der Waals surface area contributed by atoms with E-state index in [1.54, 1.807) is 0 Å². The number of carbonyl (C=O) groups is 1. The van der Waals surface area contributed by atoms with Gasteiger partial charge in [0.15, 0.2) is 11.4 Å². The number of aromatic hydroxyl groups is 1. The maximum atomic E-state index is 12.3. The Morgan fingerprint density at radius 3 is 2.62 bits per heavy atom. The van der Waals surface area contributed by atoms with Gasteiger partial charge >= 0.3 is 0 Å². The predicted octanol–water partition coefficient (Wildman–Crippen LogP) is 1.34. The van der Waals surface area contributed by atoms with Crippen LogP contribution in [0.2, 0.25) is 0 Å². The zero-order valence-electron chi connectivity index (χ0n) is 15.4. The Morgan fingerprint density at radius 2 is 1.96 bits per heavy atom. The molecule has 0 radical (unpaired) electrons. The van der Waals surface area contributed by atoms with Gasteiger partial charge in [0.25, 0.3) is 5.91 Å². The SMILES string of the molecule is CC(C)c1ccc(-n2cc(O)c(C(=O)NCCN3CCNCC3)n2)cc1. The fourth-order valence-corrected chi connectivity index (χ4v) is 3.02. The van der Waals surface area contributed by atoms with E-state index in [9.17, 15) is 9.90 Å².